The van der Waals surface area contributed by atoms with Gasteiger partial charge in [-0.2, -0.15) is 0 Å². The predicted octanol–water partition coefficient (Wildman–Crippen LogP) is 2.88. The fourth-order valence-electron chi connectivity index (χ4n) is 1.86. The highest BCUT2D eigenvalue weighted by molar-refractivity contribution is 8.15. The summed E-state index contributed by atoms with van der Waals surface area (Å²) in [5, 5.41) is 3.68. The van der Waals surface area contributed by atoms with E-state index in [0.717, 1.165) is 0 Å². The molecule has 1 aromatic carbocycles. The molecular weight excluding hydrogens is 333 g/mol. The van der Waals surface area contributed by atoms with Crippen molar-refractivity contribution in [2.45, 2.75) is 11.7 Å². The van der Waals surface area contributed by atoms with Gasteiger partial charge < -0.3 is 5.32 Å². The van der Waals surface area contributed by atoms with Crippen LogP contribution < -0.4 is 5.32 Å². The van der Waals surface area contributed by atoms with Crippen LogP contribution in [0.5, 0.6) is 0 Å². The summed E-state index contributed by atoms with van der Waals surface area (Å²) >= 11 is 13.1. The second kappa shape index (κ2) is 6.68. The van der Waals surface area contributed by atoms with Crippen molar-refractivity contribution in [1.29, 1.82) is 0 Å². The number of thioether (sulfide) groups is 1. The number of rotatable bonds is 3. The van der Waals surface area contributed by atoms with Crippen LogP contribution in [-0.4, -0.2) is 41.2 Å². The van der Waals surface area contributed by atoms with Crippen molar-refractivity contribution in [2.75, 3.05) is 19.4 Å². The zero-order chi connectivity index (χ0) is 15.6. The molecule has 0 spiro atoms. The topological polar surface area (TPSA) is 61.8 Å². The first-order chi connectivity index (χ1) is 9.92. The predicted molar refractivity (Wildman–Crippen MR) is 87.2 cm³/mol. The van der Waals surface area contributed by atoms with Crippen molar-refractivity contribution < 1.29 is 9.59 Å². The van der Waals surface area contributed by atoms with Crippen LogP contribution in [0.1, 0.15) is 6.42 Å². The van der Waals surface area contributed by atoms with E-state index in [0.29, 0.717) is 20.9 Å². The number of anilines is 1. The Hall–Kier alpha value is -1.24. The van der Waals surface area contributed by atoms with E-state index in [2.05, 4.69) is 10.3 Å². The van der Waals surface area contributed by atoms with Crippen LogP contribution in [0, 0.1) is 0 Å². The fraction of sp³-hybridized carbons (Fsp3) is 0.308. The van der Waals surface area contributed by atoms with Crippen molar-refractivity contribution >= 4 is 57.6 Å². The highest BCUT2D eigenvalue weighted by Gasteiger charge is 2.36. The summed E-state index contributed by atoms with van der Waals surface area (Å²) in [6, 6.07) is 4.80. The lowest BCUT2D eigenvalue weighted by Crippen LogP contribution is -2.30. The molecule has 1 heterocycles. The molecule has 0 bridgehead atoms. The van der Waals surface area contributed by atoms with E-state index >= 15 is 0 Å². The average Bonchev–Trinajstić information content (AvgIpc) is 2.70. The number of amidine groups is 1. The number of amides is 2. The minimum Gasteiger partial charge on any atom is -0.325 e. The number of hydrogen-bond acceptors (Lipinski definition) is 4. The van der Waals surface area contributed by atoms with Crippen LogP contribution in [0.25, 0.3) is 0 Å². The largest absolute Gasteiger partial charge is 0.325 e. The molecule has 2 amide bonds. The molecule has 8 heteroatoms. The summed E-state index contributed by atoms with van der Waals surface area (Å²) in [5.41, 5.74) is 0.433. The zero-order valence-corrected chi connectivity index (χ0v) is 13.7. The normalized spacial score (nSPS) is 20.2. The first kappa shape index (κ1) is 16.1. The van der Waals surface area contributed by atoms with Gasteiger partial charge in [-0.05, 0) is 18.2 Å². The standard InChI is InChI=1S/C13H13Cl2N3O2S/c1-16-13-18(2)12(20)10(21-13)6-11(19)17-9-5-7(14)3-4-8(9)15/h3-5,10H,6H2,1-2H3,(H,17,19)/t10-/m1/s1. The molecule has 1 aliphatic heterocycles. The maximum absolute atomic E-state index is 12.0. The van der Waals surface area contributed by atoms with Gasteiger partial charge in [0.05, 0.1) is 10.7 Å². The average molecular weight is 346 g/mol. The molecule has 5 nitrogen and oxygen atoms in total. The van der Waals surface area contributed by atoms with Crippen LogP contribution >= 0.6 is 35.0 Å². The molecule has 1 aromatic rings. The second-order valence-corrected chi connectivity index (χ2v) is 6.40. The minimum absolute atomic E-state index is 0.0513. The van der Waals surface area contributed by atoms with Crippen molar-refractivity contribution in [3.8, 4) is 0 Å². The van der Waals surface area contributed by atoms with Crippen molar-refractivity contribution in [1.82, 2.24) is 4.90 Å². The molecule has 0 radical (unpaired) electrons. The quantitative estimate of drug-likeness (QED) is 0.915. The van der Waals surface area contributed by atoms with Crippen molar-refractivity contribution in [3.63, 3.8) is 0 Å². The Morgan fingerprint density at radius 1 is 1.48 bits per heavy atom. The van der Waals surface area contributed by atoms with Crippen molar-refractivity contribution in [3.05, 3.63) is 28.2 Å². The molecule has 1 atom stereocenters. The molecule has 1 fully saturated rings. The Bertz CT molecular complexity index is 621. The highest BCUT2D eigenvalue weighted by atomic mass is 35.5. The molecule has 112 valence electrons. The third kappa shape index (κ3) is 3.70. The maximum atomic E-state index is 12.0. The molecule has 1 aliphatic rings. The third-order valence-corrected chi connectivity index (χ3v) is 4.79. The summed E-state index contributed by atoms with van der Waals surface area (Å²) in [6.45, 7) is 0. The first-order valence-corrected chi connectivity index (χ1v) is 7.72. The number of aliphatic imine (C=N–C) groups is 1. The molecule has 1 saturated heterocycles. The molecule has 0 unspecified atom stereocenters. The van der Waals surface area contributed by atoms with Gasteiger partial charge in [-0.1, -0.05) is 35.0 Å². The van der Waals surface area contributed by atoms with E-state index in [-0.39, 0.29) is 18.2 Å². The van der Waals surface area contributed by atoms with Gasteiger partial charge in [0.15, 0.2) is 5.17 Å². The summed E-state index contributed by atoms with van der Waals surface area (Å²) in [5.74, 6) is -0.427. The lowest BCUT2D eigenvalue weighted by Gasteiger charge is -2.10. The van der Waals surface area contributed by atoms with E-state index in [1.165, 1.54) is 16.7 Å². The molecule has 2 rings (SSSR count). The van der Waals surface area contributed by atoms with Crippen LogP contribution in [0.4, 0.5) is 5.69 Å². The third-order valence-electron chi connectivity index (χ3n) is 2.91. The Morgan fingerprint density at radius 3 is 2.81 bits per heavy atom. The number of nitrogens with zero attached hydrogens (tertiary/aromatic N) is 2. The van der Waals surface area contributed by atoms with Gasteiger partial charge in [0.25, 0.3) is 0 Å². The van der Waals surface area contributed by atoms with E-state index in [4.69, 9.17) is 23.2 Å². The van der Waals surface area contributed by atoms with Crippen molar-refractivity contribution in [2.24, 2.45) is 4.99 Å². The Kier molecular flexibility index (Phi) is 5.13. The number of nitrogens with one attached hydrogen (secondary N) is 1. The lowest BCUT2D eigenvalue weighted by molar-refractivity contribution is -0.127. The van der Waals surface area contributed by atoms with Crippen LogP contribution in [0.3, 0.4) is 0 Å². The summed E-state index contributed by atoms with van der Waals surface area (Å²) < 4.78 is 0. The maximum Gasteiger partial charge on any atom is 0.242 e. The number of benzene rings is 1. The molecular formula is C13H13Cl2N3O2S. The van der Waals surface area contributed by atoms with Crippen LogP contribution in [0.2, 0.25) is 10.0 Å². The van der Waals surface area contributed by atoms with Crippen LogP contribution in [-0.2, 0) is 9.59 Å². The molecule has 0 saturated carbocycles. The molecule has 21 heavy (non-hydrogen) atoms. The molecule has 1 N–H and O–H groups in total. The van der Waals surface area contributed by atoms with Gasteiger partial charge in [-0.25, -0.2) is 0 Å². The van der Waals surface area contributed by atoms with Gasteiger partial charge in [-0.15, -0.1) is 0 Å². The van der Waals surface area contributed by atoms with E-state index in [1.54, 1.807) is 32.3 Å². The van der Waals surface area contributed by atoms with E-state index < -0.39 is 5.25 Å². The number of hydrogen-bond donors (Lipinski definition) is 1. The smallest absolute Gasteiger partial charge is 0.242 e. The number of carbonyl (C=O) groups excluding carboxylic acids is 2. The van der Waals surface area contributed by atoms with E-state index in [9.17, 15) is 9.59 Å². The Balaban J connectivity index is 2.03. The highest BCUT2D eigenvalue weighted by Crippen LogP contribution is 2.29. The fourth-order valence-corrected chi connectivity index (χ4v) is 3.30. The SMILES string of the molecule is CN=C1S[C@H](CC(=O)Nc2cc(Cl)ccc2Cl)C(=O)N1C. The van der Waals surface area contributed by atoms with Crippen LogP contribution in [0.15, 0.2) is 23.2 Å². The van der Waals surface area contributed by atoms with Gasteiger partial charge >= 0.3 is 0 Å². The monoisotopic (exact) mass is 345 g/mol. The first-order valence-electron chi connectivity index (χ1n) is 6.08. The Morgan fingerprint density at radius 2 is 2.19 bits per heavy atom. The Labute approximate surface area is 136 Å². The van der Waals surface area contributed by atoms with Gasteiger partial charge in [0, 0.05) is 25.5 Å². The number of halogens is 2. The van der Waals surface area contributed by atoms with Gasteiger partial charge in [-0.3, -0.25) is 19.5 Å². The lowest BCUT2D eigenvalue weighted by atomic mass is 10.2. The molecule has 0 aliphatic carbocycles. The molecule has 0 aromatic heterocycles. The number of carbonyl (C=O) groups is 2. The summed E-state index contributed by atoms with van der Waals surface area (Å²) in [6.07, 6.45) is 0.0513. The van der Waals surface area contributed by atoms with Gasteiger partial charge in [0.1, 0.15) is 5.25 Å². The second-order valence-electron chi connectivity index (χ2n) is 4.39. The minimum atomic E-state index is -0.466. The zero-order valence-electron chi connectivity index (χ0n) is 11.4. The van der Waals surface area contributed by atoms with Gasteiger partial charge in [0.2, 0.25) is 11.8 Å². The van der Waals surface area contributed by atoms with E-state index in [1.807, 2.05) is 0 Å². The summed E-state index contributed by atoms with van der Waals surface area (Å²) in [7, 11) is 3.25. The summed E-state index contributed by atoms with van der Waals surface area (Å²) in [4.78, 5) is 29.5.